The summed E-state index contributed by atoms with van der Waals surface area (Å²) >= 11 is 6.13. The van der Waals surface area contributed by atoms with Crippen molar-refractivity contribution < 1.29 is 9.59 Å². The van der Waals surface area contributed by atoms with Gasteiger partial charge in [0, 0.05) is 24.5 Å². The van der Waals surface area contributed by atoms with E-state index in [1.807, 2.05) is 7.05 Å². The molecule has 1 aromatic rings. The minimum absolute atomic E-state index is 0.0823. The molecule has 0 unspecified atom stereocenters. The maximum absolute atomic E-state index is 11.9. The number of carbonyl (C=O) groups is 2. The lowest BCUT2D eigenvalue weighted by atomic mass is 10.2. The number of anilines is 1. The predicted molar refractivity (Wildman–Crippen MR) is 89.3 cm³/mol. The van der Waals surface area contributed by atoms with Crippen LogP contribution < -0.4 is 15.5 Å². The Bertz CT molecular complexity index is 638. The van der Waals surface area contributed by atoms with E-state index in [0.29, 0.717) is 17.1 Å². The van der Waals surface area contributed by atoms with E-state index in [1.165, 1.54) is 9.58 Å². The molecule has 0 aromatic carbocycles. The zero-order chi connectivity index (χ0) is 16.8. The number of nitrogens with one attached hydrogen (secondary N) is 2. The Hall–Kier alpha value is -2.12. The van der Waals surface area contributed by atoms with Gasteiger partial charge in [0.2, 0.25) is 0 Å². The van der Waals surface area contributed by atoms with Gasteiger partial charge in [0.1, 0.15) is 5.02 Å². The third kappa shape index (κ3) is 4.67. The van der Waals surface area contributed by atoms with Crippen molar-refractivity contribution in [1.82, 2.24) is 20.4 Å². The van der Waals surface area contributed by atoms with Gasteiger partial charge in [-0.1, -0.05) is 18.2 Å². The van der Waals surface area contributed by atoms with Crippen LogP contribution in [0.4, 0.5) is 10.6 Å². The van der Waals surface area contributed by atoms with E-state index in [0.717, 1.165) is 19.4 Å². The predicted octanol–water partition coefficient (Wildman–Crippen LogP) is 2.05. The Morgan fingerprint density at radius 3 is 2.96 bits per heavy atom. The van der Waals surface area contributed by atoms with Crippen molar-refractivity contribution in [3.63, 3.8) is 0 Å². The molecule has 23 heavy (non-hydrogen) atoms. The number of ketones is 1. The van der Waals surface area contributed by atoms with E-state index in [-0.39, 0.29) is 24.2 Å². The van der Waals surface area contributed by atoms with E-state index in [2.05, 4.69) is 22.3 Å². The summed E-state index contributed by atoms with van der Waals surface area (Å²) in [7, 11) is 1.88. The van der Waals surface area contributed by atoms with Crippen LogP contribution >= 0.6 is 11.6 Å². The Kier molecular flexibility index (Phi) is 5.95. The first-order valence-corrected chi connectivity index (χ1v) is 7.75. The number of hydrogen-bond donors (Lipinski definition) is 2. The number of amides is 2. The average molecular weight is 338 g/mol. The quantitative estimate of drug-likeness (QED) is 0.712. The third-order valence-electron chi connectivity index (χ3n) is 3.31. The van der Waals surface area contributed by atoms with Crippen LogP contribution in [0.3, 0.4) is 0 Å². The zero-order valence-corrected chi connectivity index (χ0v) is 13.8. The second-order valence-electron chi connectivity index (χ2n) is 5.24. The largest absolute Gasteiger partial charge is 0.331 e. The molecule has 0 radical (unpaired) electrons. The second-order valence-corrected chi connectivity index (χ2v) is 5.65. The lowest BCUT2D eigenvalue weighted by Gasteiger charge is -2.21. The molecule has 0 spiro atoms. The first-order valence-electron chi connectivity index (χ1n) is 7.38. The van der Waals surface area contributed by atoms with Crippen molar-refractivity contribution in [2.24, 2.45) is 0 Å². The van der Waals surface area contributed by atoms with Crippen molar-refractivity contribution in [2.75, 3.05) is 18.5 Å². The van der Waals surface area contributed by atoms with Gasteiger partial charge >= 0.3 is 6.03 Å². The molecule has 0 aliphatic carbocycles. The molecule has 124 valence electrons. The molecular formula is C15H20ClN5O2. The first-order chi connectivity index (χ1) is 11.0. The summed E-state index contributed by atoms with van der Waals surface area (Å²) in [4.78, 5) is 25.1. The Balaban J connectivity index is 1.98. The molecule has 1 aliphatic heterocycles. The van der Waals surface area contributed by atoms with Gasteiger partial charge in [-0.3, -0.25) is 14.4 Å². The number of rotatable bonds is 8. The van der Waals surface area contributed by atoms with Gasteiger partial charge in [-0.15, -0.1) is 0 Å². The second kappa shape index (κ2) is 7.94. The van der Waals surface area contributed by atoms with Gasteiger partial charge in [-0.25, -0.2) is 4.79 Å². The number of unbranched alkanes of at least 4 members (excludes halogenated alkanes) is 1. The van der Waals surface area contributed by atoms with Crippen LogP contribution in [0.2, 0.25) is 5.02 Å². The van der Waals surface area contributed by atoms with E-state index in [4.69, 9.17) is 11.6 Å². The maximum atomic E-state index is 11.9. The Morgan fingerprint density at radius 2 is 2.26 bits per heavy atom. The standard InChI is InChI=1S/C15H20ClN5O2/c1-11-6-8-21(15(23)18-11)14-13(16)10-20(19-14)9-12(22)5-3-4-7-17-2/h6,8,10,17H,1,3-5,7,9H2,2H3,(H,18,23). The van der Waals surface area contributed by atoms with E-state index in [1.54, 1.807) is 18.5 Å². The number of allylic oxidation sites excluding steroid dienone is 1. The summed E-state index contributed by atoms with van der Waals surface area (Å²) in [5, 5.41) is 10.1. The van der Waals surface area contributed by atoms with Gasteiger partial charge < -0.3 is 10.6 Å². The fourth-order valence-electron chi connectivity index (χ4n) is 2.15. The number of urea groups is 1. The molecule has 0 fully saturated rings. The molecule has 1 aromatic heterocycles. The third-order valence-corrected chi connectivity index (χ3v) is 3.58. The normalized spacial score (nSPS) is 14.3. The molecule has 0 saturated heterocycles. The van der Waals surface area contributed by atoms with Gasteiger partial charge in [0.25, 0.3) is 0 Å². The lowest BCUT2D eigenvalue weighted by Crippen LogP contribution is -2.39. The molecular weight excluding hydrogens is 318 g/mol. The molecule has 2 heterocycles. The molecule has 2 amide bonds. The highest BCUT2D eigenvalue weighted by molar-refractivity contribution is 6.33. The van der Waals surface area contributed by atoms with Gasteiger partial charge in [-0.05, 0) is 32.5 Å². The molecule has 0 saturated carbocycles. The fraction of sp³-hybridized carbons (Fsp3) is 0.400. The molecule has 7 nitrogen and oxygen atoms in total. The molecule has 2 rings (SSSR count). The SMILES string of the molecule is C=C1C=CN(c2nn(CC(=O)CCCCNC)cc2Cl)C(=O)N1. The summed E-state index contributed by atoms with van der Waals surface area (Å²) in [5.41, 5.74) is 0.499. The van der Waals surface area contributed by atoms with Crippen LogP contribution in [0.5, 0.6) is 0 Å². The number of Topliss-reactive ketones (excluding diaryl/α,β-unsaturated/α-hetero) is 1. The van der Waals surface area contributed by atoms with Gasteiger partial charge in [0.15, 0.2) is 11.6 Å². The molecule has 0 atom stereocenters. The van der Waals surface area contributed by atoms with Crippen LogP contribution in [0.1, 0.15) is 19.3 Å². The van der Waals surface area contributed by atoms with E-state index >= 15 is 0 Å². The Labute approximate surface area is 140 Å². The number of carbonyl (C=O) groups excluding carboxylic acids is 2. The van der Waals surface area contributed by atoms with Crippen molar-refractivity contribution in [3.05, 3.63) is 35.8 Å². The van der Waals surface area contributed by atoms with E-state index < -0.39 is 0 Å². The summed E-state index contributed by atoms with van der Waals surface area (Å²) in [6.45, 7) is 4.69. The first kappa shape index (κ1) is 17.2. The minimum atomic E-state index is -0.386. The molecule has 0 bridgehead atoms. The van der Waals surface area contributed by atoms with Crippen LogP contribution in [-0.2, 0) is 11.3 Å². The van der Waals surface area contributed by atoms with Crippen molar-refractivity contribution >= 4 is 29.2 Å². The van der Waals surface area contributed by atoms with Gasteiger partial charge in [0.05, 0.1) is 6.54 Å². The van der Waals surface area contributed by atoms with Crippen LogP contribution in [0, 0.1) is 0 Å². The van der Waals surface area contributed by atoms with Gasteiger partial charge in [-0.2, -0.15) is 5.10 Å². The summed E-state index contributed by atoms with van der Waals surface area (Å²) < 4.78 is 1.46. The summed E-state index contributed by atoms with van der Waals surface area (Å²) in [5.74, 6) is 0.370. The highest BCUT2D eigenvalue weighted by atomic mass is 35.5. The smallest absolute Gasteiger partial charge is 0.320 e. The average Bonchev–Trinajstić information content (AvgIpc) is 2.84. The minimum Gasteiger partial charge on any atom is -0.320 e. The summed E-state index contributed by atoms with van der Waals surface area (Å²) in [6, 6.07) is -0.386. The number of nitrogens with zero attached hydrogens (tertiary/aromatic N) is 3. The van der Waals surface area contributed by atoms with Crippen molar-refractivity contribution in [3.8, 4) is 0 Å². The van der Waals surface area contributed by atoms with Crippen LogP contribution in [-0.4, -0.2) is 35.2 Å². The monoisotopic (exact) mass is 337 g/mol. The molecule has 2 N–H and O–H groups in total. The highest BCUT2D eigenvalue weighted by Crippen LogP contribution is 2.25. The number of halogens is 1. The fourth-order valence-corrected chi connectivity index (χ4v) is 2.39. The number of hydrogen-bond acceptors (Lipinski definition) is 4. The van der Waals surface area contributed by atoms with Crippen LogP contribution in [0.25, 0.3) is 0 Å². The Morgan fingerprint density at radius 1 is 1.48 bits per heavy atom. The zero-order valence-electron chi connectivity index (χ0n) is 13.0. The molecule has 8 heteroatoms. The maximum Gasteiger partial charge on any atom is 0.331 e. The topological polar surface area (TPSA) is 79.3 Å². The van der Waals surface area contributed by atoms with E-state index in [9.17, 15) is 9.59 Å². The summed E-state index contributed by atoms with van der Waals surface area (Å²) in [6.07, 6.45) is 7.02. The van der Waals surface area contributed by atoms with Crippen LogP contribution in [0.15, 0.2) is 30.7 Å². The van der Waals surface area contributed by atoms with Crippen molar-refractivity contribution in [2.45, 2.75) is 25.8 Å². The highest BCUT2D eigenvalue weighted by Gasteiger charge is 2.23. The van der Waals surface area contributed by atoms with Crippen molar-refractivity contribution in [1.29, 1.82) is 0 Å². The lowest BCUT2D eigenvalue weighted by molar-refractivity contribution is -0.119. The number of aromatic nitrogens is 2. The molecule has 1 aliphatic rings.